The van der Waals surface area contributed by atoms with Crippen LogP contribution in [0.2, 0.25) is 0 Å². The fourth-order valence-corrected chi connectivity index (χ4v) is 9.13. The number of benzene rings is 2. The van der Waals surface area contributed by atoms with E-state index >= 15 is 0 Å². The number of nitrogens with one attached hydrogen (secondary N) is 6. The van der Waals surface area contributed by atoms with Crippen LogP contribution in [0.25, 0.3) is 12.2 Å². The van der Waals surface area contributed by atoms with Crippen LogP contribution in [0.4, 0.5) is 47.1 Å². The Morgan fingerprint density at radius 1 is 0.597 bits per heavy atom. The molecule has 0 amide bonds. The van der Waals surface area contributed by atoms with Gasteiger partial charge in [-0.1, -0.05) is 123 Å². The molecule has 0 saturated heterocycles. The first-order valence-corrected chi connectivity index (χ1v) is 28.1. The highest BCUT2D eigenvalue weighted by Crippen LogP contribution is 2.32. The normalized spacial score (nSPS) is 12.7. The summed E-state index contributed by atoms with van der Waals surface area (Å²) < 4.78 is 41.2. The summed E-state index contributed by atoms with van der Waals surface area (Å²) in [5, 5.41) is 33.0. The number of rotatable bonds is 38. The lowest BCUT2D eigenvalue weighted by Gasteiger charge is -2.18. The van der Waals surface area contributed by atoms with E-state index in [1.807, 2.05) is 0 Å². The Bertz CT molecular complexity index is 2320. The van der Waals surface area contributed by atoms with Crippen molar-refractivity contribution >= 4 is 81.4 Å². The number of anilines is 8. The topological polar surface area (TPSA) is 249 Å². The van der Waals surface area contributed by atoms with Gasteiger partial charge in [0.05, 0.1) is 12.0 Å². The van der Waals surface area contributed by atoms with Gasteiger partial charge in [0.15, 0.2) is 0 Å². The van der Waals surface area contributed by atoms with Crippen LogP contribution in [0.3, 0.4) is 0 Å². The minimum absolute atomic E-state index is 0.196. The van der Waals surface area contributed by atoms with E-state index in [2.05, 4.69) is 127 Å². The van der Waals surface area contributed by atoms with Crippen molar-refractivity contribution in [3.8, 4) is 0 Å². The zero-order chi connectivity index (χ0) is 52.1. The predicted molar refractivity (Wildman–Crippen MR) is 294 cm³/mol. The molecule has 2 atom stereocenters. The molecule has 0 aliphatic carbocycles. The molecule has 2 aromatic heterocycles. The SMILES string of the molecule is CCCCC(CC)CNc1nc(NCCCN(CC)CC)nc(Nc2ccc(C=Cc3ccc(Nc4nc(NCCCN(CC)CC)nc(NCC(CC)CCCC)n4)cc3S(=O)(=O)O)c(SOOO)c2)n1. The summed E-state index contributed by atoms with van der Waals surface area (Å²) in [6.07, 6.45) is 13.8. The average molecular weight is 1040 g/mol. The van der Waals surface area contributed by atoms with Crippen molar-refractivity contribution in [1.29, 1.82) is 0 Å². The molecule has 2 aromatic carbocycles. The van der Waals surface area contributed by atoms with Crippen LogP contribution >= 0.6 is 12.0 Å². The molecule has 20 nitrogen and oxygen atoms in total. The van der Waals surface area contributed by atoms with Crippen molar-refractivity contribution in [3.63, 3.8) is 0 Å². The van der Waals surface area contributed by atoms with E-state index in [0.29, 0.717) is 83.0 Å². The van der Waals surface area contributed by atoms with Gasteiger partial charge < -0.3 is 41.7 Å². The molecule has 72 heavy (non-hydrogen) atoms. The first-order chi connectivity index (χ1) is 34.9. The molecule has 0 radical (unpaired) electrons. The Morgan fingerprint density at radius 2 is 1.03 bits per heavy atom. The molecule has 400 valence electrons. The third kappa shape index (κ3) is 21.3. The molecule has 2 unspecified atom stereocenters. The number of hydrogen-bond acceptors (Lipinski definition) is 20. The van der Waals surface area contributed by atoms with E-state index in [4.69, 9.17) is 14.6 Å². The van der Waals surface area contributed by atoms with Crippen molar-refractivity contribution in [3.05, 3.63) is 47.5 Å². The molecule has 22 heteroatoms. The second-order valence-electron chi connectivity index (χ2n) is 17.6. The molecule has 0 aliphatic rings. The quantitative estimate of drug-likeness (QED) is 0.00519. The minimum Gasteiger partial charge on any atom is -0.354 e. The molecule has 2 heterocycles. The summed E-state index contributed by atoms with van der Waals surface area (Å²) in [5.74, 6) is 3.08. The van der Waals surface area contributed by atoms with Gasteiger partial charge in [-0.2, -0.15) is 38.3 Å². The standard InChI is InChI=1S/C50H82N14O6S2/c1-9-17-21-37(11-3)35-53-47-57-45(51-29-19-31-63(13-5)14-6)59-49(61-47)55-41-27-25-39(43(33-41)71-70-69-65)23-24-40-26-28-42(34-44(40)72(66,67)68)56-50-60-46(52-30-20-32-64(15-7)16-8)58-48(62-50)54-36-38(12-4)22-18-10-2/h23-28,33-34,37-38,65H,9-22,29-32,35-36H2,1-8H3,(H,66,67,68)(H3,51,53,55,57,59,61)(H3,52,54,56,58,60,62). The maximum Gasteiger partial charge on any atom is 0.295 e. The first kappa shape index (κ1) is 59.6. The Hall–Kier alpha value is -4.94. The monoisotopic (exact) mass is 1040 g/mol. The highest BCUT2D eigenvalue weighted by atomic mass is 32.2. The third-order valence-electron chi connectivity index (χ3n) is 12.5. The minimum atomic E-state index is -4.72. The Balaban J connectivity index is 1.60. The summed E-state index contributed by atoms with van der Waals surface area (Å²) in [7, 11) is -4.72. The third-order valence-corrected chi connectivity index (χ3v) is 14.1. The first-order valence-electron chi connectivity index (χ1n) is 25.9. The second kappa shape index (κ2) is 33.0. The Kier molecular flexibility index (Phi) is 27.3. The van der Waals surface area contributed by atoms with Gasteiger partial charge in [-0.15, -0.1) is 4.33 Å². The maximum absolute atomic E-state index is 12.9. The van der Waals surface area contributed by atoms with Crippen molar-refractivity contribution in [1.82, 2.24) is 39.7 Å². The lowest BCUT2D eigenvalue weighted by molar-refractivity contribution is -0.432. The van der Waals surface area contributed by atoms with Gasteiger partial charge in [0.1, 0.15) is 4.90 Å². The lowest BCUT2D eigenvalue weighted by Crippen LogP contribution is -2.25. The summed E-state index contributed by atoms with van der Waals surface area (Å²) >= 11 is 0.733. The van der Waals surface area contributed by atoms with Gasteiger partial charge in [-0.25, -0.2) is 5.26 Å². The number of nitrogens with zero attached hydrogens (tertiary/aromatic N) is 8. The van der Waals surface area contributed by atoms with E-state index in [9.17, 15) is 13.0 Å². The van der Waals surface area contributed by atoms with Crippen LogP contribution in [0.1, 0.15) is 131 Å². The van der Waals surface area contributed by atoms with Crippen molar-refractivity contribution in [2.75, 3.05) is 97.3 Å². The zero-order valence-corrected chi connectivity index (χ0v) is 45.5. The highest BCUT2D eigenvalue weighted by molar-refractivity contribution is 7.94. The number of hydrogen-bond donors (Lipinski definition) is 8. The molecule has 0 spiro atoms. The zero-order valence-electron chi connectivity index (χ0n) is 43.8. The van der Waals surface area contributed by atoms with Gasteiger partial charge in [-0.3, -0.25) is 4.55 Å². The largest absolute Gasteiger partial charge is 0.354 e. The van der Waals surface area contributed by atoms with Gasteiger partial charge in [0.2, 0.25) is 35.7 Å². The molecule has 4 aromatic rings. The summed E-state index contributed by atoms with van der Waals surface area (Å²) in [6.45, 7) is 25.9. The summed E-state index contributed by atoms with van der Waals surface area (Å²) in [6, 6.07) is 9.87. The maximum atomic E-state index is 12.9. The number of aromatic nitrogens is 6. The fraction of sp³-hybridized carbons (Fsp3) is 0.600. The highest BCUT2D eigenvalue weighted by Gasteiger charge is 2.18. The van der Waals surface area contributed by atoms with Gasteiger partial charge in [0.25, 0.3) is 10.1 Å². The summed E-state index contributed by atoms with van der Waals surface area (Å²) in [5.41, 5.74) is 1.68. The van der Waals surface area contributed by atoms with Crippen LogP contribution < -0.4 is 31.9 Å². The van der Waals surface area contributed by atoms with Crippen LogP contribution in [0.5, 0.6) is 0 Å². The van der Waals surface area contributed by atoms with Gasteiger partial charge in [0, 0.05) is 42.4 Å². The van der Waals surface area contributed by atoms with Crippen molar-refractivity contribution in [2.45, 2.75) is 129 Å². The van der Waals surface area contributed by atoms with Gasteiger partial charge in [-0.05, 0) is 112 Å². The predicted octanol–water partition coefficient (Wildman–Crippen LogP) is 10.9. The second-order valence-corrected chi connectivity index (χ2v) is 19.7. The van der Waals surface area contributed by atoms with Crippen molar-refractivity contribution < 1.29 is 27.6 Å². The smallest absolute Gasteiger partial charge is 0.295 e. The van der Waals surface area contributed by atoms with E-state index in [-0.39, 0.29) is 16.4 Å². The molecular weight excluding hydrogens is 957 g/mol. The summed E-state index contributed by atoms with van der Waals surface area (Å²) in [4.78, 5) is 32.8. The Labute approximate surface area is 433 Å². The molecule has 0 bridgehead atoms. The fourth-order valence-electron chi connectivity index (χ4n) is 7.91. The van der Waals surface area contributed by atoms with Crippen molar-refractivity contribution in [2.24, 2.45) is 11.8 Å². The average Bonchev–Trinajstić information content (AvgIpc) is 3.37. The molecule has 8 N–H and O–H groups in total. The lowest BCUT2D eigenvalue weighted by atomic mass is 9.99. The molecular formula is C50H82N14O6S2. The molecule has 0 saturated carbocycles. The van der Waals surface area contributed by atoms with Gasteiger partial charge >= 0.3 is 0 Å². The van der Waals surface area contributed by atoms with Crippen LogP contribution in [-0.4, -0.2) is 123 Å². The Morgan fingerprint density at radius 3 is 1.46 bits per heavy atom. The van der Waals surface area contributed by atoms with Crippen LogP contribution in [0, 0.1) is 11.8 Å². The van der Waals surface area contributed by atoms with Crippen LogP contribution in [-0.2, 0) is 19.5 Å². The molecule has 4 rings (SSSR count). The van der Waals surface area contributed by atoms with E-state index in [0.717, 1.165) is 122 Å². The van der Waals surface area contributed by atoms with E-state index in [1.165, 1.54) is 6.07 Å². The molecule has 0 fully saturated rings. The van der Waals surface area contributed by atoms with E-state index in [1.54, 1.807) is 42.5 Å². The number of unbranched alkanes of at least 4 members (excludes halogenated alkanes) is 2. The van der Waals surface area contributed by atoms with E-state index < -0.39 is 10.1 Å². The van der Waals surface area contributed by atoms with Crippen LogP contribution in [0.15, 0.2) is 46.2 Å². The molecule has 0 aliphatic heterocycles.